The predicted molar refractivity (Wildman–Crippen MR) is 152 cm³/mol. The molecule has 1 atom stereocenters. The molecule has 3 aromatic carbocycles. The van der Waals surface area contributed by atoms with Crippen molar-refractivity contribution in [2.24, 2.45) is 0 Å². The Morgan fingerprint density at radius 1 is 1.05 bits per heavy atom. The van der Waals surface area contributed by atoms with Crippen LogP contribution < -0.4 is 4.74 Å². The number of halogens is 2. The number of ether oxygens (including phenoxy) is 1. The zero-order valence-corrected chi connectivity index (χ0v) is 22.2. The highest BCUT2D eigenvalue weighted by molar-refractivity contribution is 6.35. The standard InChI is InChI=1S/C31H26Cl2N2O3/c32-22-10-8-21(27(33)15-22)17-35-29-13-12-24(38-18-23-11-9-19-4-1-2-7-28(19)34-23)16-26(29)25-6-3-5-20(31(25)35)14-30(36)37/h1-2,4,7-13,15-16,20H,3,5-6,14,17-18H2,(H,36,37). The van der Waals surface area contributed by atoms with E-state index in [9.17, 15) is 9.90 Å². The highest BCUT2D eigenvalue weighted by Gasteiger charge is 2.29. The molecule has 0 bridgehead atoms. The van der Waals surface area contributed by atoms with Gasteiger partial charge in [-0.05, 0) is 72.9 Å². The summed E-state index contributed by atoms with van der Waals surface area (Å²) in [7, 11) is 0. The third-order valence-electron chi connectivity index (χ3n) is 7.36. The maximum absolute atomic E-state index is 11.7. The summed E-state index contributed by atoms with van der Waals surface area (Å²) in [4.78, 5) is 16.5. The molecule has 6 rings (SSSR count). The Bertz CT molecular complexity index is 1680. The molecule has 0 spiro atoms. The van der Waals surface area contributed by atoms with Crippen LogP contribution in [0.1, 0.15) is 47.7 Å². The van der Waals surface area contributed by atoms with Crippen molar-refractivity contribution in [3.63, 3.8) is 0 Å². The highest BCUT2D eigenvalue weighted by Crippen LogP contribution is 2.42. The van der Waals surface area contributed by atoms with Crippen LogP contribution in [0.3, 0.4) is 0 Å². The molecule has 7 heteroatoms. The second kappa shape index (κ2) is 10.3. The number of nitrogens with zero attached hydrogens (tertiary/aromatic N) is 2. The average Bonchev–Trinajstić information content (AvgIpc) is 3.22. The predicted octanol–water partition coefficient (Wildman–Crippen LogP) is 8.02. The molecule has 5 aromatic rings. The smallest absolute Gasteiger partial charge is 0.304 e. The molecule has 5 nitrogen and oxygen atoms in total. The number of para-hydroxylation sites is 1. The average molecular weight is 545 g/mol. The summed E-state index contributed by atoms with van der Waals surface area (Å²) in [5.41, 5.74) is 6.10. The van der Waals surface area contributed by atoms with Crippen molar-refractivity contribution in [3.8, 4) is 5.75 Å². The van der Waals surface area contributed by atoms with Gasteiger partial charge in [-0.15, -0.1) is 0 Å². The molecule has 0 saturated carbocycles. The van der Waals surface area contributed by atoms with E-state index in [0.717, 1.165) is 63.8 Å². The zero-order valence-electron chi connectivity index (χ0n) is 20.7. The number of pyridine rings is 1. The largest absolute Gasteiger partial charge is 0.487 e. The van der Waals surface area contributed by atoms with E-state index in [1.54, 1.807) is 6.07 Å². The first-order valence-corrected chi connectivity index (χ1v) is 13.5. The summed E-state index contributed by atoms with van der Waals surface area (Å²) in [6.07, 6.45) is 2.81. The van der Waals surface area contributed by atoms with Crippen LogP contribution in [0, 0.1) is 0 Å². The van der Waals surface area contributed by atoms with E-state index in [1.807, 2.05) is 48.5 Å². The van der Waals surface area contributed by atoms with Gasteiger partial charge < -0.3 is 14.4 Å². The normalized spacial score (nSPS) is 15.1. The summed E-state index contributed by atoms with van der Waals surface area (Å²) < 4.78 is 8.43. The zero-order chi connectivity index (χ0) is 26.2. The first-order chi connectivity index (χ1) is 18.5. The molecule has 1 unspecified atom stereocenters. The van der Waals surface area contributed by atoms with Crippen molar-refractivity contribution in [1.82, 2.24) is 9.55 Å². The van der Waals surface area contributed by atoms with Gasteiger partial charge in [0.05, 0.1) is 17.6 Å². The van der Waals surface area contributed by atoms with Crippen LogP contribution in [0.15, 0.2) is 72.8 Å². The number of benzene rings is 3. The number of carbonyl (C=O) groups is 1. The molecule has 0 radical (unpaired) electrons. The van der Waals surface area contributed by atoms with Crippen molar-refractivity contribution in [1.29, 1.82) is 0 Å². The maximum atomic E-state index is 11.7. The Morgan fingerprint density at radius 3 is 2.76 bits per heavy atom. The third-order valence-corrected chi connectivity index (χ3v) is 7.94. The Labute approximate surface area is 230 Å². The first-order valence-electron chi connectivity index (χ1n) is 12.7. The van der Waals surface area contributed by atoms with Crippen molar-refractivity contribution in [2.45, 2.75) is 44.8 Å². The summed E-state index contributed by atoms with van der Waals surface area (Å²) in [5.74, 6) is -0.0747. The number of aromatic nitrogens is 2. The van der Waals surface area contributed by atoms with Gasteiger partial charge in [0.15, 0.2) is 0 Å². The molecule has 0 saturated heterocycles. The quantitative estimate of drug-likeness (QED) is 0.225. The Kier molecular flexibility index (Phi) is 6.73. The van der Waals surface area contributed by atoms with Gasteiger partial charge in [0.2, 0.25) is 0 Å². The number of carboxylic acid groups (broad SMARTS) is 1. The molecule has 1 N–H and O–H groups in total. The van der Waals surface area contributed by atoms with E-state index in [4.69, 9.17) is 32.9 Å². The minimum atomic E-state index is -0.781. The van der Waals surface area contributed by atoms with Gasteiger partial charge in [-0.1, -0.05) is 53.5 Å². The van der Waals surface area contributed by atoms with Crippen LogP contribution in [0.25, 0.3) is 21.8 Å². The van der Waals surface area contributed by atoms with Crippen LogP contribution in [0.2, 0.25) is 10.0 Å². The van der Waals surface area contributed by atoms with Gasteiger partial charge >= 0.3 is 5.97 Å². The molecule has 0 amide bonds. The molecule has 192 valence electrons. The highest BCUT2D eigenvalue weighted by atomic mass is 35.5. The number of carboxylic acids is 1. The minimum Gasteiger partial charge on any atom is -0.487 e. The molecule has 1 aliphatic carbocycles. The van der Waals surface area contributed by atoms with E-state index in [-0.39, 0.29) is 12.3 Å². The fraction of sp³-hybridized carbons (Fsp3) is 0.226. The Morgan fingerprint density at radius 2 is 1.92 bits per heavy atom. The van der Waals surface area contributed by atoms with E-state index in [2.05, 4.69) is 22.8 Å². The van der Waals surface area contributed by atoms with Crippen molar-refractivity contribution in [3.05, 3.63) is 105 Å². The number of rotatable bonds is 7. The number of fused-ring (bicyclic) bond motifs is 4. The maximum Gasteiger partial charge on any atom is 0.304 e. The number of hydrogen-bond donors (Lipinski definition) is 1. The van der Waals surface area contributed by atoms with Gasteiger partial charge in [-0.25, -0.2) is 4.98 Å². The van der Waals surface area contributed by atoms with Gasteiger partial charge in [0, 0.05) is 44.5 Å². The van der Waals surface area contributed by atoms with Crippen LogP contribution >= 0.6 is 23.2 Å². The van der Waals surface area contributed by atoms with E-state index in [1.165, 1.54) is 5.56 Å². The lowest BCUT2D eigenvalue weighted by molar-refractivity contribution is -0.137. The van der Waals surface area contributed by atoms with Gasteiger partial charge in [0.1, 0.15) is 12.4 Å². The summed E-state index contributed by atoms with van der Waals surface area (Å²) >= 11 is 12.7. The summed E-state index contributed by atoms with van der Waals surface area (Å²) in [5, 5.41) is 13.0. The van der Waals surface area contributed by atoms with Crippen LogP contribution in [-0.4, -0.2) is 20.6 Å². The number of aryl methyl sites for hydroxylation is 1. The Balaban J connectivity index is 1.37. The fourth-order valence-electron chi connectivity index (χ4n) is 5.65. The molecular formula is C31H26Cl2N2O3. The minimum absolute atomic E-state index is 0.0547. The van der Waals surface area contributed by atoms with E-state index >= 15 is 0 Å². The van der Waals surface area contributed by atoms with Crippen LogP contribution in [0.5, 0.6) is 5.75 Å². The van der Waals surface area contributed by atoms with Crippen molar-refractivity contribution >= 4 is 51.0 Å². The number of aliphatic carboxylic acids is 1. The summed E-state index contributed by atoms with van der Waals surface area (Å²) in [6, 6.07) is 23.7. The lowest BCUT2D eigenvalue weighted by Crippen LogP contribution is -2.17. The Hall–Kier alpha value is -3.54. The molecule has 2 aromatic heterocycles. The van der Waals surface area contributed by atoms with Crippen molar-refractivity contribution < 1.29 is 14.6 Å². The molecule has 38 heavy (non-hydrogen) atoms. The lowest BCUT2D eigenvalue weighted by atomic mass is 9.84. The topological polar surface area (TPSA) is 64.3 Å². The van der Waals surface area contributed by atoms with Gasteiger partial charge in [0.25, 0.3) is 0 Å². The van der Waals surface area contributed by atoms with Gasteiger partial charge in [-0.3, -0.25) is 4.79 Å². The van der Waals surface area contributed by atoms with Crippen molar-refractivity contribution in [2.75, 3.05) is 0 Å². The lowest BCUT2D eigenvalue weighted by Gasteiger charge is -2.25. The third kappa shape index (κ3) is 4.84. The molecule has 1 aliphatic rings. The molecule has 0 fully saturated rings. The second-order valence-electron chi connectivity index (χ2n) is 9.84. The second-order valence-corrected chi connectivity index (χ2v) is 10.7. The first kappa shape index (κ1) is 24.8. The SMILES string of the molecule is O=C(O)CC1CCCc2c1n(Cc1ccc(Cl)cc1Cl)c1ccc(OCc3ccc4ccccc4n3)cc21. The van der Waals surface area contributed by atoms with E-state index < -0.39 is 5.97 Å². The number of hydrogen-bond acceptors (Lipinski definition) is 3. The molecule has 2 heterocycles. The molecular weight excluding hydrogens is 519 g/mol. The van der Waals surface area contributed by atoms with E-state index in [0.29, 0.717) is 23.2 Å². The fourth-order valence-corrected chi connectivity index (χ4v) is 6.12. The summed E-state index contributed by atoms with van der Waals surface area (Å²) in [6.45, 7) is 0.903. The molecule has 0 aliphatic heterocycles. The monoisotopic (exact) mass is 544 g/mol. The van der Waals surface area contributed by atoms with Crippen LogP contribution in [-0.2, 0) is 24.4 Å². The van der Waals surface area contributed by atoms with Gasteiger partial charge in [-0.2, -0.15) is 0 Å². The van der Waals surface area contributed by atoms with Crippen LogP contribution in [0.4, 0.5) is 0 Å².